The highest BCUT2D eigenvalue weighted by atomic mass is 16.4. The molecule has 11 N–H and O–H groups in total. The van der Waals surface area contributed by atoms with Gasteiger partial charge in [0, 0.05) is 12.8 Å². The van der Waals surface area contributed by atoms with E-state index in [0.29, 0.717) is 5.56 Å². The third-order valence-electron chi connectivity index (χ3n) is 6.08. The van der Waals surface area contributed by atoms with Gasteiger partial charge in [-0.15, -0.1) is 0 Å². The largest absolute Gasteiger partial charge is 0.508 e. The number of aromatic hydroxyl groups is 1. The van der Waals surface area contributed by atoms with Crippen LogP contribution < -0.4 is 32.7 Å². The Balaban J connectivity index is 2.90. The molecule has 4 atom stereocenters. The standard InChI is InChI=1S/C27H40N6O10/c1-14(2)11-20(33-24(39)17(28)12-15-3-5-16(34)6-4-15)26(41)32-18(8-10-23(37)38)25(40)30-13-22(36)31-19(27(42)43)7-9-21(29)35/h3-6,14,17-20,34H,7-13,28H2,1-2H3,(H2,29,35)(H,30,40)(H,31,36)(H,32,41)(H,33,39)(H,37,38)(H,42,43)/t17-,18-,19-,20-/m0/s1. The predicted molar refractivity (Wildman–Crippen MR) is 151 cm³/mol. The van der Waals surface area contributed by atoms with Crippen molar-refractivity contribution < 1.29 is 48.9 Å². The number of carboxylic acid groups (broad SMARTS) is 2. The molecular weight excluding hydrogens is 568 g/mol. The molecule has 0 saturated heterocycles. The summed E-state index contributed by atoms with van der Waals surface area (Å²) in [5.41, 5.74) is 11.7. The van der Waals surface area contributed by atoms with E-state index in [2.05, 4.69) is 21.3 Å². The van der Waals surface area contributed by atoms with Crippen LogP contribution in [-0.2, 0) is 40.0 Å². The van der Waals surface area contributed by atoms with Crippen LogP contribution in [0.5, 0.6) is 5.75 Å². The van der Waals surface area contributed by atoms with Gasteiger partial charge in [0.25, 0.3) is 0 Å². The van der Waals surface area contributed by atoms with E-state index in [1.54, 1.807) is 26.0 Å². The molecule has 0 unspecified atom stereocenters. The molecule has 0 fully saturated rings. The topological polar surface area (TPSA) is 280 Å². The van der Waals surface area contributed by atoms with Crippen LogP contribution in [0.4, 0.5) is 0 Å². The summed E-state index contributed by atoms with van der Waals surface area (Å²) in [5.74, 6) is -6.76. The molecule has 238 valence electrons. The maximum atomic E-state index is 13.2. The van der Waals surface area contributed by atoms with Crippen LogP contribution in [0.1, 0.15) is 51.5 Å². The number of carbonyl (C=O) groups is 7. The number of hydrogen-bond acceptors (Lipinski definition) is 9. The molecule has 16 nitrogen and oxygen atoms in total. The second-order valence-electron chi connectivity index (χ2n) is 10.3. The van der Waals surface area contributed by atoms with E-state index in [0.717, 1.165) is 0 Å². The first-order valence-corrected chi connectivity index (χ1v) is 13.5. The zero-order valence-corrected chi connectivity index (χ0v) is 24.0. The van der Waals surface area contributed by atoms with E-state index in [4.69, 9.17) is 16.6 Å². The van der Waals surface area contributed by atoms with Crippen molar-refractivity contribution in [3.63, 3.8) is 0 Å². The van der Waals surface area contributed by atoms with Gasteiger partial charge in [-0.3, -0.25) is 28.8 Å². The minimum Gasteiger partial charge on any atom is -0.508 e. The Morgan fingerprint density at radius 1 is 0.791 bits per heavy atom. The lowest BCUT2D eigenvalue weighted by Gasteiger charge is -2.25. The van der Waals surface area contributed by atoms with E-state index >= 15 is 0 Å². The highest BCUT2D eigenvalue weighted by Gasteiger charge is 2.29. The SMILES string of the molecule is CC(C)C[C@H](NC(=O)[C@@H](N)Cc1ccc(O)cc1)C(=O)N[C@@H](CCC(=O)O)C(=O)NCC(=O)N[C@@H](CCC(N)=O)C(=O)O. The number of carbonyl (C=O) groups excluding carboxylic acids is 5. The molecule has 1 rings (SSSR count). The van der Waals surface area contributed by atoms with Crippen molar-refractivity contribution in [2.24, 2.45) is 17.4 Å². The molecule has 1 aromatic rings. The molecule has 5 amide bonds. The maximum Gasteiger partial charge on any atom is 0.326 e. The maximum absolute atomic E-state index is 13.2. The molecule has 0 aliphatic carbocycles. The summed E-state index contributed by atoms with van der Waals surface area (Å²) >= 11 is 0. The third-order valence-corrected chi connectivity index (χ3v) is 6.08. The summed E-state index contributed by atoms with van der Waals surface area (Å²) in [4.78, 5) is 84.4. The Morgan fingerprint density at radius 2 is 1.37 bits per heavy atom. The summed E-state index contributed by atoms with van der Waals surface area (Å²) < 4.78 is 0. The number of phenols is 1. The monoisotopic (exact) mass is 608 g/mol. The molecule has 0 saturated carbocycles. The van der Waals surface area contributed by atoms with Gasteiger partial charge < -0.3 is 48.1 Å². The molecule has 0 radical (unpaired) electrons. The van der Waals surface area contributed by atoms with Crippen LogP contribution in [0.25, 0.3) is 0 Å². The van der Waals surface area contributed by atoms with Crippen LogP contribution in [0.2, 0.25) is 0 Å². The van der Waals surface area contributed by atoms with E-state index in [1.807, 2.05) is 0 Å². The van der Waals surface area contributed by atoms with Crippen LogP contribution in [-0.4, -0.2) is 87.5 Å². The van der Waals surface area contributed by atoms with Crippen LogP contribution in [0, 0.1) is 5.92 Å². The minimum atomic E-state index is -1.44. The van der Waals surface area contributed by atoms with E-state index < -0.39 is 78.6 Å². The Bertz CT molecular complexity index is 1160. The quantitative estimate of drug-likeness (QED) is 0.0835. The summed E-state index contributed by atoms with van der Waals surface area (Å²) in [6.45, 7) is 2.88. The molecule has 1 aromatic carbocycles. The molecule has 16 heteroatoms. The number of amides is 5. The molecule has 0 heterocycles. The lowest BCUT2D eigenvalue weighted by Crippen LogP contribution is -2.57. The first-order valence-electron chi connectivity index (χ1n) is 13.5. The highest BCUT2D eigenvalue weighted by molar-refractivity contribution is 5.94. The zero-order valence-electron chi connectivity index (χ0n) is 24.0. The second kappa shape index (κ2) is 17.9. The molecule has 0 spiro atoms. The van der Waals surface area contributed by atoms with E-state index in [-0.39, 0.29) is 43.8 Å². The summed E-state index contributed by atoms with van der Waals surface area (Å²) in [5, 5.41) is 37.1. The Labute approximate surface area is 247 Å². The van der Waals surface area contributed by atoms with Gasteiger partial charge in [0.1, 0.15) is 23.9 Å². The average molecular weight is 609 g/mol. The highest BCUT2D eigenvalue weighted by Crippen LogP contribution is 2.12. The van der Waals surface area contributed by atoms with E-state index in [9.17, 15) is 43.8 Å². The van der Waals surface area contributed by atoms with Gasteiger partial charge in [0.05, 0.1) is 12.6 Å². The van der Waals surface area contributed by atoms with Crippen LogP contribution >= 0.6 is 0 Å². The minimum absolute atomic E-state index is 0.0437. The fraction of sp³-hybridized carbons (Fsp3) is 0.519. The molecule has 0 aromatic heterocycles. The van der Waals surface area contributed by atoms with Crippen LogP contribution in [0.15, 0.2) is 24.3 Å². The fourth-order valence-electron chi connectivity index (χ4n) is 3.85. The molecular formula is C27H40N6O10. The van der Waals surface area contributed by atoms with Crippen LogP contribution in [0.3, 0.4) is 0 Å². The Kier molecular flexibility index (Phi) is 15.1. The normalized spacial score (nSPS) is 13.6. The first kappa shape index (κ1) is 36.3. The number of nitrogens with one attached hydrogen (secondary N) is 4. The van der Waals surface area contributed by atoms with Crippen molar-refractivity contribution in [1.82, 2.24) is 21.3 Å². The predicted octanol–water partition coefficient (Wildman–Crippen LogP) is -1.91. The number of hydrogen-bond donors (Lipinski definition) is 9. The number of phenolic OH excluding ortho intramolecular Hbond substituents is 1. The van der Waals surface area contributed by atoms with Gasteiger partial charge in [-0.2, -0.15) is 0 Å². The number of benzene rings is 1. The third kappa shape index (κ3) is 14.6. The molecule has 0 aliphatic heterocycles. The zero-order chi connectivity index (χ0) is 32.7. The number of rotatable bonds is 19. The molecule has 43 heavy (non-hydrogen) atoms. The summed E-state index contributed by atoms with van der Waals surface area (Å²) in [6.07, 6.45) is -1.18. The lowest BCUT2D eigenvalue weighted by atomic mass is 10.0. The van der Waals surface area contributed by atoms with Crippen molar-refractivity contribution in [3.05, 3.63) is 29.8 Å². The second-order valence-corrected chi connectivity index (χ2v) is 10.3. The lowest BCUT2D eigenvalue weighted by molar-refractivity contribution is -0.142. The Morgan fingerprint density at radius 3 is 1.91 bits per heavy atom. The fourth-order valence-corrected chi connectivity index (χ4v) is 3.85. The summed E-state index contributed by atoms with van der Waals surface area (Å²) in [6, 6.07) is 1.02. The van der Waals surface area contributed by atoms with Gasteiger partial charge >= 0.3 is 11.9 Å². The smallest absolute Gasteiger partial charge is 0.326 e. The van der Waals surface area contributed by atoms with E-state index in [1.165, 1.54) is 12.1 Å². The average Bonchev–Trinajstić information content (AvgIpc) is 2.91. The Hall–Kier alpha value is -4.73. The number of nitrogens with two attached hydrogens (primary N) is 2. The number of carboxylic acids is 2. The van der Waals surface area contributed by atoms with Gasteiger partial charge in [-0.25, -0.2) is 4.79 Å². The first-order chi connectivity index (χ1) is 20.1. The van der Waals surface area contributed by atoms with Gasteiger partial charge in [0.15, 0.2) is 0 Å². The van der Waals surface area contributed by atoms with Crippen molar-refractivity contribution in [2.45, 2.75) is 76.5 Å². The van der Waals surface area contributed by atoms with Gasteiger partial charge in [-0.1, -0.05) is 26.0 Å². The number of aliphatic carboxylic acids is 2. The summed E-state index contributed by atoms with van der Waals surface area (Å²) in [7, 11) is 0. The molecule has 0 aliphatic rings. The van der Waals surface area contributed by atoms with Crippen molar-refractivity contribution in [3.8, 4) is 5.75 Å². The van der Waals surface area contributed by atoms with Crippen molar-refractivity contribution in [1.29, 1.82) is 0 Å². The van der Waals surface area contributed by atoms with Gasteiger partial charge in [0.2, 0.25) is 29.5 Å². The van der Waals surface area contributed by atoms with Crippen molar-refractivity contribution in [2.75, 3.05) is 6.54 Å². The number of primary amides is 1. The van der Waals surface area contributed by atoms with Gasteiger partial charge in [-0.05, 0) is 49.3 Å². The molecule has 0 bridgehead atoms. The van der Waals surface area contributed by atoms with Crippen molar-refractivity contribution >= 4 is 41.5 Å².